The molecule has 0 aliphatic carbocycles. The van der Waals surface area contributed by atoms with Crippen LogP contribution in [0, 0.1) is 12.3 Å². The zero-order chi connectivity index (χ0) is 28.4. The predicted molar refractivity (Wildman–Crippen MR) is 148 cm³/mol. The number of rotatable bonds is 12. The summed E-state index contributed by atoms with van der Waals surface area (Å²) >= 11 is 0. The fourth-order valence-electron chi connectivity index (χ4n) is 3.75. The molecule has 0 fully saturated rings. The average molecular weight is 532 g/mol. The third kappa shape index (κ3) is 6.81. The highest BCUT2D eigenvalue weighted by molar-refractivity contribution is 6.11. The second kappa shape index (κ2) is 13.4. The lowest BCUT2D eigenvalue weighted by Crippen LogP contribution is -2.11. The minimum absolute atomic E-state index is 0.139. The van der Waals surface area contributed by atoms with Crippen molar-refractivity contribution < 1.29 is 38.0 Å². The van der Waals surface area contributed by atoms with Crippen molar-refractivity contribution in [3.63, 3.8) is 0 Å². The van der Waals surface area contributed by atoms with Gasteiger partial charge in [0.25, 0.3) is 0 Å². The average Bonchev–Trinajstić information content (AvgIpc) is 2.97. The van der Waals surface area contributed by atoms with Crippen LogP contribution in [0.5, 0.6) is 34.5 Å². The van der Waals surface area contributed by atoms with Gasteiger partial charge < -0.3 is 33.7 Å². The number of carbonyl (C=O) groups is 2. The molecular weight excluding hydrogens is 502 g/mol. The number of anilines is 1. The quantitative estimate of drug-likeness (QED) is 0.205. The fourth-order valence-corrected chi connectivity index (χ4v) is 3.75. The molecule has 202 valence electrons. The van der Waals surface area contributed by atoms with Crippen LogP contribution in [0.3, 0.4) is 0 Å². The highest BCUT2D eigenvalue weighted by Gasteiger charge is 2.22. The second-order valence-corrected chi connectivity index (χ2v) is 7.89. The number of carbonyl (C=O) groups excluding carboxylic acids is 2. The number of ketones is 1. The summed E-state index contributed by atoms with van der Waals surface area (Å²) < 4.78 is 32.4. The number of benzene rings is 3. The zero-order valence-electron chi connectivity index (χ0n) is 22.3. The second-order valence-electron chi connectivity index (χ2n) is 7.89. The van der Waals surface area contributed by atoms with Crippen LogP contribution in [0.25, 0.3) is 6.08 Å². The summed E-state index contributed by atoms with van der Waals surface area (Å²) in [4.78, 5) is 26.3. The lowest BCUT2D eigenvalue weighted by Gasteiger charge is -2.16. The number of terminal acetylenes is 1. The van der Waals surface area contributed by atoms with Crippen LogP contribution < -0.4 is 33.7 Å². The van der Waals surface area contributed by atoms with E-state index < -0.39 is 5.91 Å². The van der Waals surface area contributed by atoms with Gasteiger partial charge in [-0.1, -0.05) is 18.1 Å². The molecule has 9 nitrogen and oxygen atoms in total. The standard InChI is InChI=1S/C30H29NO8/c1-7-13-39-22-10-8-9-19(14-22)11-12-27(32)31-23-15-20(16-24(34-2)29(23)37-5)28(33)21-17-25(35-3)30(38-6)26(18-21)36-4/h1,8-12,14-18H,13H2,2-6H3,(H,31,32)/b12-11+. The highest BCUT2D eigenvalue weighted by Crippen LogP contribution is 2.40. The molecule has 0 aliphatic heterocycles. The number of nitrogens with one attached hydrogen (secondary N) is 1. The van der Waals surface area contributed by atoms with E-state index in [9.17, 15) is 9.59 Å². The molecule has 1 amide bonds. The van der Waals surface area contributed by atoms with Gasteiger partial charge in [-0.2, -0.15) is 0 Å². The van der Waals surface area contributed by atoms with Crippen LogP contribution in [0.1, 0.15) is 21.5 Å². The fraction of sp³-hybridized carbons (Fsp3) is 0.200. The Bertz CT molecular complexity index is 1400. The third-order valence-electron chi connectivity index (χ3n) is 5.53. The predicted octanol–water partition coefficient (Wildman–Crippen LogP) is 4.62. The number of methoxy groups -OCH3 is 5. The van der Waals surface area contributed by atoms with E-state index in [1.807, 2.05) is 6.07 Å². The lowest BCUT2D eigenvalue weighted by atomic mass is 10.0. The van der Waals surface area contributed by atoms with Gasteiger partial charge in [-0.15, -0.1) is 6.42 Å². The summed E-state index contributed by atoms with van der Waals surface area (Å²) in [7, 11) is 7.27. The molecular formula is C30H29NO8. The summed E-state index contributed by atoms with van der Waals surface area (Å²) in [5, 5.41) is 2.76. The molecule has 1 N–H and O–H groups in total. The Kier molecular flexibility index (Phi) is 9.82. The van der Waals surface area contributed by atoms with E-state index in [-0.39, 0.29) is 40.7 Å². The van der Waals surface area contributed by atoms with Crippen LogP contribution in [0.15, 0.2) is 54.6 Å². The molecule has 39 heavy (non-hydrogen) atoms. The van der Waals surface area contributed by atoms with Crippen LogP contribution in [0.2, 0.25) is 0 Å². The maximum Gasteiger partial charge on any atom is 0.248 e. The van der Waals surface area contributed by atoms with Crippen molar-refractivity contribution in [2.24, 2.45) is 0 Å². The van der Waals surface area contributed by atoms with Crippen molar-refractivity contribution in [1.82, 2.24) is 0 Å². The van der Waals surface area contributed by atoms with Crippen molar-refractivity contribution in [3.05, 3.63) is 71.3 Å². The molecule has 9 heteroatoms. The van der Waals surface area contributed by atoms with Gasteiger partial charge in [-0.25, -0.2) is 0 Å². The zero-order valence-corrected chi connectivity index (χ0v) is 22.3. The van der Waals surface area contributed by atoms with Crippen LogP contribution >= 0.6 is 0 Å². The first-order chi connectivity index (χ1) is 18.9. The van der Waals surface area contributed by atoms with Gasteiger partial charge in [0.05, 0.1) is 41.2 Å². The van der Waals surface area contributed by atoms with Gasteiger partial charge in [-0.3, -0.25) is 9.59 Å². The number of hydrogen-bond acceptors (Lipinski definition) is 8. The first-order valence-electron chi connectivity index (χ1n) is 11.6. The van der Waals surface area contributed by atoms with Crippen molar-refractivity contribution in [1.29, 1.82) is 0 Å². The summed E-state index contributed by atoms with van der Waals surface area (Å²) in [6.45, 7) is 0.139. The van der Waals surface area contributed by atoms with E-state index in [0.29, 0.717) is 23.0 Å². The Morgan fingerprint density at radius 1 is 0.821 bits per heavy atom. The minimum atomic E-state index is -0.456. The molecule has 0 saturated heterocycles. The topological polar surface area (TPSA) is 102 Å². The van der Waals surface area contributed by atoms with Crippen molar-refractivity contribution in [2.45, 2.75) is 0 Å². The van der Waals surface area contributed by atoms with Crippen LogP contribution in [-0.4, -0.2) is 53.8 Å². The molecule has 0 saturated carbocycles. The lowest BCUT2D eigenvalue weighted by molar-refractivity contribution is -0.111. The Morgan fingerprint density at radius 2 is 1.41 bits per heavy atom. The van der Waals surface area contributed by atoms with Gasteiger partial charge >= 0.3 is 0 Å². The largest absolute Gasteiger partial charge is 0.493 e. The molecule has 0 unspecified atom stereocenters. The molecule has 0 atom stereocenters. The van der Waals surface area contributed by atoms with E-state index in [0.717, 1.165) is 5.56 Å². The molecule has 0 heterocycles. The Morgan fingerprint density at radius 3 is 1.97 bits per heavy atom. The summed E-state index contributed by atoms with van der Waals surface area (Å²) in [6, 6.07) is 13.2. The Labute approximate surface area is 227 Å². The van der Waals surface area contributed by atoms with E-state index >= 15 is 0 Å². The SMILES string of the molecule is C#CCOc1cccc(/C=C/C(=O)Nc2cc(C(=O)c3cc(OC)c(OC)c(OC)c3)cc(OC)c2OC)c1. The summed E-state index contributed by atoms with van der Waals surface area (Å²) in [5.41, 5.74) is 1.49. The number of amides is 1. The van der Waals surface area contributed by atoms with Crippen molar-refractivity contribution in [2.75, 3.05) is 47.5 Å². The molecule has 3 aromatic rings. The van der Waals surface area contributed by atoms with E-state index in [2.05, 4.69) is 11.2 Å². The van der Waals surface area contributed by atoms with Gasteiger partial charge in [0.15, 0.2) is 28.8 Å². The number of ether oxygens (including phenoxy) is 6. The molecule has 0 aliphatic rings. The van der Waals surface area contributed by atoms with Gasteiger partial charge in [-0.05, 0) is 48.0 Å². The smallest absolute Gasteiger partial charge is 0.248 e. The Balaban J connectivity index is 1.93. The first-order valence-corrected chi connectivity index (χ1v) is 11.6. The monoisotopic (exact) mass is 531 g/mol. The molecule has 3 aromatic carbocycles. The van der Waals surface area contributed by atoms with Gasteiger partial charge in [0.2, 0.25) is 11.7 Å². The van der Waals surface area contributed by atoms with Gasteiger partial charge in [0, 0.05) is 17.2 Å². The van der Waals surface area contributed by atoms with Crippen LogP contribution in [0.4, 0.5) is 5.69 Å². The maximum atomic E-state index is 13.5. The van der Waals surface area contributed by atoms with E-state index in [1.54, 1.807) is 36.4 Å². The van der Waals surface area contributed by atoms with Gasteiger partial charge in [0.1, 0.15) is 12.4 Å². The molecule has 3 rings (SSSR count). The molecule has 0 spiro atoms. The molecule has 0 aromatic heterocycles. The number of hydrogen-bond donors (Lipinski definition) is 1. The third-order valence-corrected chi connectivity index (χ3v) is 5.53. The first kappa shape index (κ1) is 28.5. The van der Waals surface area contributed by atoms with E-state index in [1.165, 1.54) is 53.8 Å². The van der Waals surface area contributed by atoms with E-state index in [4.69, 9.17) is 34.8 Å². The highest BCUT2D eigenvalue weighted by atomic mass is 16.5. The summed E-state index contributed by atoms with van der Waals surface area (Å²) in [5.74, 6) is 3.69. The Hall–Kier alpha value is -5.10. The summed E-state index contributed by atoms with van der Waals surface area (Å²) in [6.07, 6.45) is 8.20. The maximum absolute atomic E-state index is 13.5. The van der Waals surface area contributed by atoms with Crippen molar-refractivity contribution >= 4 is 23.5 Å². The normalized spacial score (nSPS) is 10.4. The molecule has 0 bridgehead atoms. The van der Waals surface area contributed by atoms with Crippen molar-refractivity contribution in [3.8, 4) is 46.8 Å². The molecule has 0 radical (unpaired) electrons. The van der Waals surface area contributed by atoms with Crippen LogP contribution in [-0.2, 0) is 4.79 Å². The minimum Gasteiger partial charge on any atom is -0.493 e.